The van der Waals surface area contributed by atoms with E-state index in [0.29, 0.717) is 19.7 Å². The van der Waals surface area contributed by atoms with Crippen LogP contribution in [0.5, 0.6) is 5.75 Å². The van der Waals surface area contributed by atoms with Crippen LogP contribution in [-0.2, 0) is 15.7 Å². The van der Waals surface area contributed by atoms with Crippen LogP contribution >= 0.6 is 11.6 Å². The molecule has 1 aliphatic heterocycles. The summed E-state index contributed by atoms with van der Waals surface area (Å²) in [6, 6.07) is 2.62. The highest BCUT2D eigenvalue weighted by molar-refractivity contribution is 7.83. The summed E-state index contributed by atoms with van der Waals surface area (Å²) in [6.45, 7) is 6.13. The van der Waals surface area contributed by atoms with Gasteiger partial charge in [0.1, 0.15) is 15.9 Å². The molecule has 10 heteroatoms. The predicted octanol–water partition coefficient (Wildman–Crippen LogP) is 2.56. The van der Waals surface area contributed by atoms with Gasteiger partial charge in [0.15, 0.2) is 5.75 Å². The molecule has 2 unspecified atom stereocenters. The van der Waals surface area contributed by atoms with Gasteiger partial charge in [0.05, 0.1) is 23.4 Å². The maximum atomic E-state index is 13.1. The van der Waals surface area contributed by atoms with Crippen molar-refractivity contribution >= 4 is 34.3 Å². The van der Waals surface area contributed by atoms with Gasteiger partial charge < -0.3 is 20.5 Å². The number of ether oxygens (including phenoxy) is 1. The van der Waals surface area contributed by atoms with Crippen molar-refractivity contribution < 1.29 is 18.8 Å². The molecule has 30 heavy (non-hydrogen) atoms. The Morgan fingerprint density at radius 2 is 2.07 bits per heavy atom. The second-order valence-corrected chi connectivity index (χ2v) is 9.29. The van der Waals surface area contributed by atoms with Crippen LogP contribution < -0.4 is 10.6 Å². The fourth-order valence-electron chi connectivity index (χ4n) is 3.63. The van der Waals surface area contributed by atoms with Gasteiger partial charge in [-0.1, -0.05) is 23.3 Å². The van der Waals surface area contributed by atoms with Crippen molar-refractivity contribution in [3.05, 3.63) is 28.8 Å². The molecule has 3 rings (SSSR count). The molecule has 2 aliphatic rings. The maximum Gasteiger partial charge on any atom is 0.319 e. The quantitative estimate of drug-likeness (QED) is 0.433. The second kappa shape index (κ2) is 10.6. The van der Waals surface area contributed by atoms with Crippen molar-refractivity contribution in [2.45, 2.75) is 30.7 Å². The lowest BCUT2D eigenvalue weighted by atomic mass is 10.2. The smallest absolute Gasteiger partial charge is 0.319 e. The molecule has 2 amide bonds. The van der Waals surface area contributed by atoms with Crippen LogP contribution in [-0.4, -0.2) is 77.0 Å². The number of phenols is 1. The molecular formula is C20H29ClN4O4S. The zero-order valence-corrected chi connectivity index (χ0v) is 18.9. The van der Waals surface area contributed by atoms with Crippen LogP contribution in [0.4, 0.5) is 10.5 Å². The summed E-state index contributed by atoms with van der Waals surface area (Å²) in [6.07, 6.45) is 3.89. The number of halogens is 1. The maximum absolute atomic E-state index is 13.1. The number of benzene rings is 1. The number of nitrogens with one attached hydrogen (secondary N) is 2. The first-order chi connectivity index (χ1) is 14.4. The SMILES string of the molecule is COCCN1CCN(S(=O)c2c(Cl)ccc(NC(=O)NC3CCC=C3C)c2O)CC1. The van der Waals surface area contributed by atoms with E-state index in [-0.39, 0.29) is 27.4 Å². The van der Waals surface area contributed by atoms with E-state index in [1.54, 1.807) is 17.5 Å². The molecule has 1 fully saturated rings. The second-order valence-electron chi connectivity index (χ2n) is 7.46. The molecular weight excluding hydrogens is 428 g/mol. The third-order valence-corrected chi connectivity index (χ3v) is 7.48. The Bertz CT molecular complexity index is 827. The summed E-state index contributed by atoms with van der Waals surface area (Å²) in [7, 11) is 0.0339. The minimum atomic E-state index is -1.64. The number of nitrogens with zero attached hydrogens (tertiary/aromatic N) is 2. The van der Waals surface area contributed by atoms with Crippen molar-refractivity contribution in [2.75, 3.05) is 51.8 Å². The standard InChI is InChI=1S/C20H29ClN4O4S/c1-14-4-3-5-16(14)22-20(27)23-17-7-6-15(21)19(18(17)26)30(28)25-10-8-24(9-11-25)12-13-29-2/h4,6-7,16,26H,3,5,8-13H2,1-2H3,(H2,22,23,27). The Morgan fingerprint density at radius 3 is 2.70 bits per heavy atom. The van der Waals surface area contributed by atoms with Gasteiger partial charge in [-0.25, -0.2) is 13.3 Å². The van der Waals surface area contributed by atoms with Gasteiger partial charge in [-0.05, 0) is 31.9 Å². The molecule has 0 aromatic heterocycles. The Hall–Kier alpha value is -1.65. The first-order valence-corrected chi connectivity index (χ1v) is 11.5. The molecule has 0 bridgehead atoms. The predicted molar refractivity (Wildman–Crippen MR) is 118 cm³/mol. The Morgan fingerprint density at radius 1 is 1.33 bits per heavy atom. The van der Waals surface area contributed by atoms with E-state index >= 15 is 0 Å². The molecule has 3 N–H and O–H groups in total. The molecule has 1 aliphatic carbocycles. The molecule has 0 radical (unpaired) electrons. The van der Waals surface area contributed by atoms with Crippen molar-refractivity contribution in [3.8, 4) is 5.75 Å². The molecule has 8 nitrogen and oxygen atoms in total. The van der Waals surface area contributed by atoms with Gasteiger partial charge in [0, 0.05) is 39.8 Å². The number of anilines is 1. The lowest BCUT2D eigenvalue weighted by Crippen LogP contribution is -2.47. The van der Waals surface area contributed by atoms with E-state index < -0.39 is 17.0 Å². The average Bonchev–Trinajstić information content (AvgIpc) is 3.13. The Balaban J connectivity index is 1.66. The van der Waals surface area contributed by atoms with E-state index in [4.69, 9.17) is 16.3 Å². The number of urea groups is 1. The highest BCUT2D eigenvalue weighted by Gasteiger charge is 2.27. The number of carbonyl (C=O) groups excluding carboxylic acids is 1. The van der Waals surface area contributed by atoms with E-state index in [0.717, 1.165) is 38.0 Å². The van der Waals surface area contributed by atoms with E-state index in [2.05, 4.69) is 21.6 Å². The van der Waals surface area contributed by atoms with Crippen LogP contribution in [0.15, 0.2) is 28.7 Å². The number of carbonyl (C=O) groups is 1. The summed E-state index contributed by atoms with van der Waals surface area (Å²) in [5.41, 5.74) is 1.30. The van der Waals surface area contributed by atoms with E-state index in [9.17, 15) is 14.1 Å². The topological polar surface area (TPSA) is 94.1 Å². The van der Waals surface area contributed by atoms with Gasteiger partial charge in [-0.2, -0.15) is 0 Å². The van der Waals surface area contributed by atoms with Crippen molar-refractivity contribution in [1.29, 1.82) is 0 Å². The number of amides is 2. The molecule has 2 atom stereocenters. The lowest BCUT2D eigenvalue weighted by Gasteiger charge is -2.33. The largest absolute Gasteiger partial charge is 0.504 e. The number of piperazine rings is 1. The van der Waals surface area contributed by atoms with Crippen LogP contribution in [0.2, 0.25) is 5.02 Å². The van der Waals surface area contributed by atoms with Gasteiger partial charge in [0.25, 0.3) is 0 Å². The number of methoxy groups -OCH3 is 1. The van der Waals surface area contributed by atoms with E-state index in [1.807, 2.05) is 6.92 Å². The lowest BCUT2D eigenvalue weighted by molar-refractivity contribution is 0.124. The fraction of sp³-hybridized carbons (Fsp3) is 0.550. The van der Waals surface area contributed by atoms with Gasteiger partial charge in [0.2, 0.25) is 0 Å². The Labute approximate surface area is 184 Å². The van der Waals surface area contributed by atoms with Crippen molar-refractivity contribution in [3.63, 3.8) is 0 Å². The molecule has 1 aromatic rings. The van der Waals surface area contributed by atoms with Crippen LogP contribution in [0, 0.1) is 0 Å². The zero-order valence-electron chi connectivity index (χ0n) is 17.3. The van der Waals surface area contributed by atoms with Gasteiger partial charge >= 0.3 is 6.03 Å². The summed E-state index contributed by atoms with van der Waals surface area (Å²) in [5, 5.41) is 16.5. The third-order valence-electron chi connectivity index (χ3n) is 5.46. The summed E-state index contributed by atoms with van der Waals surface area (Å²) in [5.74, 6) is -0.267. The normalized spacial score (nSPS) is 21.3. The van der Waals surface area contributed by atoms with Crippen molar-refractivity contribution in [2.24, 2.45) is 0 Å². The Kier molecular flexibility index (Phi) is 8.13. The molecule has 1 aromatic carbocycles. The van der Waals surface area contributed by atoms with Crippen LogP contribution in [0.3, 0.4) is 0 Å². The first kappa shape index (κ1) is 23.0. The monoisotopic (exact) mass is 456 g/mol. The molecule has 1 heterocycles. The van der Waals surface area contributed by atoms with Crippen LogP contribution in [0.25, 0.3) is 0 Å². The van der Waals surface area contributed by atoms with Crippen molar-refractivity contribution in [1.82, 2.24) is 14.5 Å². The number of phenolic OH excluding ortho intramolecular Hbond substituents is 1. The molecule has 0 spiro atoms. The molecule has 1 saturated heterocycles. The number of aromatic hydroxyl groups is 1. The highest BCUT2D eigenvalue weighted by Crippen LogP contribution is 2.37. The number of rotatable bonds is 7. The average molecular weight is 457 g/mol. The third kappa shape index (κ3) is 5.53. The molecule has 166 valence electrons. The van der Waals surface area contributed by atoms with Crippen LogP contribution in [0.1, 0.15) is 19.8 Å². The number of hydrogen-bond acceptors (Lipinski definition) is 5. The highest BCUT2D eigenvalue weighted by atomic mass is 35.5. The number of allylic oxidation sites excluding steroid dienone is 1. The first-order valence-electron chi connectivity index (χ1n) is 10.0. The zero-order chi connectivity index (χ0) is 21.7. The fourth-order valence-corrected chi connectivity index (χ4v) is 5.25. The minimum Gasteiger partial charge on any atom is -0.504 e. The van der Waals surface area contributed by atoms with Gasteiger partial charge in [-0.3, -0.25) is 4.90 Å². The van der Waals surface area contributed by atoms with Gasteiger partial charge in [-0.15, -0.1) is 0 Å². The summed E-state index contributed by atoms with van der Waals surface area (Å²) < 4.78 is 20.0. The summed E-state index contributed by atoms with van der Waals surface area (Å²) >= 11 is 6.26. The summed E-state index contributed by atoms with van der Waals surface area (Å²) in [4.78, 5) is 14.7. The van der Waals surface area contributed by atoms with E-state index in [1.165, 1.54) is 6.07 Å². The number of hydrogen-bond donors (Lipinski definition) is 3. The minimum absolute atomic E-state index is 0.0116. The molecule has 0 saturated carbocycles.